The van der Waals surface area contributed by atoms with Gasteiger partial charge in [-0.1, -0.05) is 154 Å². The van der Waals surface area contributed by atoms with Crippen LogP contribution in [-0.2, 0) is 43.9 Å². The molecule has 2 N–H and O–H groups in total. The first-order chi connectivity index (χ1) is 28.8. The summed E-state index contributed by atoms with van der Waals surface area (Å²) in [4.78, 5) is 49.7. The molecule has 1 unspecified atom stereocenters. The van der Waals surface area contributed by atoms with E-state index < -0.39 is 32.5 Å². The third-order valence-electron chi connectivity index (χ3n) is 10.6. The summed E-state index contributed by atoms with van der Waals surface area (Å²) in [5.41, 5.74) is 1.04. The van der Waals surface area contributed by atoms with Gasteiger partial charge in [0.2, 0.25) is 5.91 Å². The number of phenolic OH excluding ortho intramolecular Hbond substituents is 1. The van der Waals surface area contributed by atoms with Crippen LogP contribution < -0.4 is 10.2 Å². The van der Waals surface area contributed by atoms with Crippen LogP contribution in [-0.4, -0.2) is 87.6 Å². The van der Waals surface area contributed by atoms with E-state index in [0.29, 0.717) is 43.3 Å². The Bertz CT molecular complexity index is 1270. The van der Waals surface area contributed by atoms with Gasteiger partial charge in [0.25, 0.3) is 7.82 Å². The van der Waals surface area contributed by atoms with Crippen molar-refractivity contribution in [2.75, 3.05) is 54.1 Å². The van der Waals surface area contributed by atoms with Crippen molar-refractivity contribution < 1.29 is 52.0 Å². The Morgan fingerprint density at radius 1 is 0.650 bits per heavy atom. The number of aromatic hydroxyl groups is 1. The Morgan fingerprint density at radius 2 is 1.12 bits per heavy atom. The number of carbonyl (C=O) groups excluding carboxylic acids is 3. The van der Waals surface area contributed by atoms with Crippen LogP contribution in [0.1, 0.15) is 186 Å². The number of amides is 1. The molecule has 0 spiro atoms. The molecule has 0 bridgehead atoms. The number of benzene rings is 1. The van der Waals surface area contributed by atoms with Crippen molar-refractivity contribution in [1.82, 2.24) is 5.32 Å². The second-order valence-corrected chi connectivity index (χ2v) is 18.9. The third kappa shape index (κ3) is 36.2. The van der Waals surface area contributed by atoms with Crippen LogP contribution in [0.15, 0.2) is 24.3 Å². The normalized spacial score (nSPS) is 13.2. The molecule has 1 amide bonds. The first-order valence-corrected chi connectivity index (χ1v) is 25.1. The van der Waals surface area contributed by atoms with Crippen LogP contribution in [0.3, 0.4) is 0 Å². The number of esters is 2. The van der Waals surface area contributed by atoms with Crippen molar-refractivity contribution in [2.45, 2.75) is 193 Å². The van der Waals surface area contributed by atoms with Crippen LogP contribution in [0, 0.1) is 0 Å². The Balaban J connectivity index is 2.20. The fraction of sp³-hybridized carbons (Fsp3) is 0.809. The molecular weight excluding hydrogens is 783 g/mol. The Hall–Kier alpha value is -2.50. The van der Waals surface area contributed by atoms with Gasteiger partial charge in [-0.05, 0) is 43.4 Å². The van der Waals surface area contributed by atoms with Gasteiger partial charge in [-0.3, -0.25) is 18.9 Å². The van der Waals surface area contributed by atoms with Crippen molar-refractivity contribution in [3.05, 3.63) is 29.8 Å². The van der Waals surface area contributed by atoms with E-state index in [2.05, 4.69) is 12.2 Å². The maximum atomic E-state index is 12.7. The number of phosphoric ester groups is 1. The molecular formula is C47H85N2O10P. The zero-order valence-corrected chi connectivity index (χ0v) is 39.1. The quantitative estimate of drug-likeness (QED) is 0.0281. The van der Waals surface area contributed by atoms with Crippen LogP contribution in [0.25, 0.3) is 0 Å². The summed E-state index contributed by atoms with van der Waals surface area (Å²) in [6.45, 7) is 2.61. The summed E-state index contributed by atoms with van der Waals surface area (Å²) in [5, 5.41) is 12.4. The number of likely N-dealkylation sites (N-methyl/N-ethyl adjacent to an activating group) is 1. The topological polar surface area (TPSA) is 161 Å². The van der Waals surface area contributed by atoms with E-state index in [9.17, 15) is 28.9 Å². The molecule has 0 aliphatic heterocycles. The number of hydrogen-bond donors (Lipinski definition) is 2. The molecule has 2 atom stereocenters. The molecule has 0 fully saturated rings. The maximum Gasteiger partial charge on any atom is 0.306 e. The molecule has 12 nitrogen and oxygen atoms in total. The van der Waals surface area contributed by atoms with Gasteiger partial charge >= 0.3 is 11.9 Å². The number of ether oxygens (including phenoxy) is 2. The highest BCUT2D eigenvalue weighted by molar-refractivity contribution is 7.45. The van der Waals surface area contributed by atoms with Crippen molar-refractivity contribution in [3.63, 3.8) is 0 Å². The molecule has 0 aromatic heterocycles. The van der Waals surface area contributed by atoms with E-state index in [4.69, 9.17) is 18.5 Å². The number of carbonyl (C=O) groups is 3. The van der Waals surface area contributed by atoms with E-state index in [0.717, 1.165) is 69.8 Å². The fourth-order valence-corrected chi connectivity index (χ4v) is 7.49. The van der Waals surface area contributed by atoms with Crippen LogP contribution in [0.4, 0.5) is 0 Å². The lowest BCUT2D eigenvalue weighted by Crippen LogP contribution is -2.37. The third-order valence-corrected chi connectivity index (χ3v) is 11.6. The average molecular weight is 869 g/mol. The lowest BCUT2D eigenvalue weighted by atomic mass is 10.0. The molecule has 0 radical (unpaired) electrons. The van der Waals surface area contributed by atoms with Gasteiger partial charge in [0.05, 0.1) is 27.7 Å². The Labute approximate surface area is 364 Å². The van der Waals surface area contributed by atoms with Crippen LogP contribution in [0.5, 0.6) is 5.75 Å². The summed E-state index contributed by atoms with van der Waals surface area (Å²) >= 11 is 0. The molecule has 348 valence electrons. The number of aryl methyl sites for hydroxylation is 1. The molecule has 1 aromatic carbocycles. The number of nitrogens with zero attached hydrogens (tertiary/aromatic N) is 1. The summed E-state index contributed by atoms with van der Waals surface area (Å²) in [5.74, 6) is -0.577. The van der Waals surface area contributed by atoms with E-state index in [1.165, 1.54) is 77.0 Å². The summed E-state index contributed by atoms with van der Waals surface area (Å²) < 4.78 is 33.9. The molecule has 0 saturated heterocycles. The molecule has 13 heteroatoms. The van der Waals surface area contributed by atoms with E-state index >= 15 is 0 Å². The minimum absolute atomic E-state index is 0.0436. The van der Waals surface area contributed by atoms with Gasteiger partial charge in [0, 0.05) is 25.8 Å². The van der Waals surface area contributed by atoms with Crippen molar-refractivity contribution in [1.29, 1.82) is 0 Å². The van der Waals surface area contributed by atoms with Gasteiger partial charge < -0.3 is 38.3 Å². The minimum atomic E-state index is -4.64. The Kier molecular flexibility index (Phi) is 33.3. The van der Waals surface area contributed by atoms with E-state index in [1.54, 1.807) is 12.1 Å². The molecule has 0 heterocycles. The number of rotatable bonds is 41. The largest absolute Gasteiger partial charge is 0.756 e. The van der Waals surface area contributed by atoms with Gasteiger partial charge in [0.15, 0.2) is 6.10 Å². The number of hydrogen-bond acceptors (Lipinski definition) is 10. The number of unbranched alkanes of at least 4 members (excludes halogenated alkanes) is 22. The van der Waals surface area contributed by atoms with Gasteiger partial charge in [-0.25, -0.2) is 0 Å². The van der Waals surface area contributed by atoms with E-state index in [-0.39, 0.29) is 37.7 Å². The van der Waals surface area contributed by atoms with Crippen molar-refractivity contribution in [2.24, 2.45) is 0 Å². The minimum Gasteiger partial charge on any atom is -0.756 e. The first kappa shape index (κ1) is 55.5. The van der Waals surface area contributed by atoms with Crippen LogP contribution >= 0.6 is 7.82 Å². The van der Waals surface area contributed by atoms with Gasteiger partial charge in [0.1, 0.15) is 25.5 Å². The highest BCUT2D eigenvalue weighted by Gasteiger charge is 2.22. The predicted molar refractivity (Wildman–Crippen MR) is 238 cm³/mol. The highest BCUT2D eigenvalue weighted by Crippen LogP contribution is 2.38. The zero-order valence-electron chi connectivity index (χ0n) is 38.2. The maximum absolute atomic E-state index is 12.7. The van der Waals surface area contributed by atoms with Gasteiger partial charge in [-0.15, -0.1) is 0 Å². The van der Waals surface area contributed by atoms with E-state index in [1.807, 2.05) is 33.3 Å². The predicted octanol–water partition coefficient (Wildman–Crippen LogP) is 10.3. The summed E-state index contributed by atoms with van der Waals surface area (Å²) in [6.07, 6.45) is 27.9. The summed E-state index contributed by atoms with van der Waals surface area (Å²) in [7, 11) is 1.12. The lowest BCUT2D eigenvalue weighted by Gasteiger charge is -2.28. The zero-order chi connectivity index (χ0) is 44.2. The van der Waals surface area contributed by atoms with Crippen LogP contribution in [0.2, 0.25) is 0 Å². The van der Waals surface area contributed by atoms with Crippen molar-refractivity contribution in [3.8, 4) is 5.75 Å². The molecule has 1 aromatic rings. The number of phosphoric acid groups is 1. The standard InChI is InChI=1S/C47H85N2O10P/c1-5-6-7-8-9-10-11-12-14-18-21-24-27-30-47(53)59-44(41-58-60(54,55)57-39-38-49(2,3)4)40-56-46(52)29-26-23-20-17-15-13-16-19-22-25-28-37-48-45(51)36-33-42-31-34-43(50)35-32-42/h31-32,34-35,44H,5-30,33,36-41H2,1-4H3,(H2-,48,50,51,54,55)/t44-/m1/s1. The van der Waals surface area contributed by atoms with Crippen molar-refractivity contribution >= 4 is 25.7 Å². The molecule has 0 aliphatic carbocycles. The number of phenols is 1. The second kappa shape index (κ2) is 36.0. The molecule has 60 heavy (non-hydrogen) atoms. The molecule has 1 rings (SSSR count). The SMILES string of the molecule is CCCCCCCCCCCCCCCC(=O)O[C@H](COC(=O)CCCCCCCCCCCCCNC(=O)CCc1ccc(O)cc1)COP(=O)([O-])OCC[N+](C)(C)C. The average Bonchev–Trinajstić information content (AvgIpc) is 3.20. The second-order valence-electron chi connectivity index (χ2n) is 17.5. The summed E-state index contributed by atoms with van der Waals surface area (Å²) in [6, 6.07) is 6.96. The van der Waals surface area contributed by atoms with Gasteiger partial charge in [-0.2, -0.15) is 0 Å². The number of nitrogens with one attached hydrogen (secondary N) is 1. The molecule has 0 saturated carbocycles. The number of quaternary nitrogens is 1. The smallest absolute Gasteiger partial charge is 0.306 e. The lowest BCUT2D eigenvalue weighted by molar-refractivity contribution is -0.870. The Morgan fingerprint density at radius 3 is 1.62 bits per heavy atom. The fourth-order valence-electron chi connectivity index (χ4n) is 6.77. The highest BCUT2D eigenvalue weighted by atomic mass is 31.2. The first-order valence-electron chi connectivity index (χ1n) is 23.6. The molecule has 0 aliphatic rings. The monoisotopic (exact) mass is 869 g/mol.